The third-order valence-electron chi connectivity index (χ3n) is 0. The van der Waals surface area contributed by atoms with E-state index >= 15 is 0 Å². The normalized spacial score (nSPS) is 2.25. The Morgan fingerprint density at radius 1 is 1.75 bits per heavy atom. The molecule has 0 spiro atoms. The van der Waals surface area contributed by atoms with Crippen LogP contribution in [0.5, 0.6) is 0 Å². The molecule has 1 nitrogen and oxygen atoms in total. The molecule has 4 heteroatoms. The van der Waals surface area contributed by atoms with Gasteiger partial charge in [0.1, 0.15) is 0 Å². The third kappa shape index (κ3) is 8.95. The zero-order valence-corrected chi connectivity index (χ0v) is 2.52. The summed E-state index contributed by atoms with van der Waals surface area (Å²) in [5.41, 5.74) is 0. The summed E-state index contributed by atoms with van der Waals surface area (Å²) in [7, 11) is 0. The Kier molecular flexibility index (Phi) is 21.0. The first-order chi connectivity index (χ1) is 1.41. The summed E-state index contributed by atoms with van der Waals surface area (Å²) in [6, 6.07) is 0. The van der Waals surface area contributed by atoms with Gasteiger partial charge in [-0.25, -0.2) is 0 Å². The second kappa shape index (κ2) is 8.91. The van der Waals surface area contributed by atoms with Crippen molar-refractivity contribution in [2.45, 2.75) is 0 Å². The van der Waals surface area contributed by atoms with Gasteiger partial charge in [-0.05, 0) is 0 Å². The fourth-order valence-corrected chi connectivity index (χ4v) is 0. The summed E-state index contributed by atoms with van der Waals surface area (Å²) < 4.78 is 18.2. The maximum atomic E-state index is 9.82. The van der Waals surface area contributed by atoms with Crippen LogP contribution in [0, 0.1) is 0 Å². The molecule has 0 rings (SSSR count). The first-order valence-corrected chi connectivity index (χ1v) is 1.36. The minimum atomic E-state index is -2.00. The van der Waals surface area contributed by atoms with Crippen LogP contribution in [0.3, 0.4) is 0 Å². The zero-order valence-electron chi connectivity index (χ0n) is 1.36. The topological polar surface area (TPSA) is 17.1 Å². The minimum absolute atomic E-state index is 0. The van der Waals surface area contributed by atoms with Crippen LogP contribution in [-0.4, -0.2) is 73.8 Å². The number of halogens is 1. The van der Waals surface area contributed by atoms with Crippen molar-refractivity contribution in [2.24, 2.45) is 0 Å². The third-order valence-corrected chi connectivity index (χ3v) is 0. The molecule has 0 aromatic carbocycles. The van der Waals surface area contributed by atoms with Gasteiger partial charge in [0.25, 0.3) is 0 Å². The van der Waals surface area contributed by atoms with Gasteiger partial charge in [0, 0.05) is 0 Å². The predicted octanol–water partition coefficient (Wildman–Crippen LogP) is -0.728. The van der Waals surface area contributed by atoms with Crippen LogP contribution in [0.25, 0.3) is 0 Å². The molecule has 0 bridgehead atoms. The quantitative estimate of drug-likeness (QED) is 0.414. The van der Waals surface area contributed by atoms with Crippen molar-refractivity contribution in [3.8, 4) is 0 Å². The molecule has 0 aromatic heterocycles. The van der Waals surface area contributed by atoms with Crippen molar-refractivity contribution >= 4 is 73.8 Å². The molecule has 0 aromatic rings. The van der Waals surface area contributed by atoms with Crippen molar-refractivity contribution in [3.05, 3.63) is 0 Å². The van der Waals surface area contributed by atoms with E-state index in [0.29, 0.717) is 0 Å². The molecule has 0 aliphatic carbocycles. The van der Waals surface area contributed by atoms with Gasteiger partial charge in [-0.3, -0.25) is 0 Å². The van der Waals surface area contributed by atoms with E-state index in [1.807, 2.05) is 0 Å². The Labute approximate surface area is 79.1 Å². The predicted molar refractivity (Wildman–Crippen MR) is 14.7 cm³/mol. The summed E-state index contributed by atoms with van der Waals surface area (Å²) in [6.45, 7) is 0. The van der Waals surface area contributed by atoms with Crippen molar-refractivity contribution < 1.29 is 7.33 Å². The SMILES string of the molecule is [O]=[Al][F].[RbH]. The van der Waals surface area contributed by atoms with Crippen molar-refractivity contribution in [3.63, 3.8) is 0 Å². The Bertz CT molecular complexity index is 15.5. The van der Waals surface area contributed by atoms with Crippen LogP contribution >= 0.6 is 0 Å². The second-order valence-electron chi connectivity index (χ2n) is 0.0891. The fourth-order valence-electron chi connectivity index (χ4n) is 0. The van der Waals surface area contributed by atoms with E-state index in [0.717, 1.165) is 0 Å². The molecule has 0 heterocycles. The molecular weight excluding hydrogens is 147 g/mol. The van der Waals surface area contributed by atoms with E-state index in [-0.39, 0.29) is 58.2 Å². The van der Waals surface area contributed by atoms with E-state index in [4.69, 9.17) is 3.80 Å². The molecular formula is HAlFORb. The van der Waals surface area contributed by atoms with Crippen molar-refractivity contribution in [1.82, 2.24) is 0 Å². The van der Waals surface area contributed by atoms with Crippen LogP contribution in [-0.2, 0) is 3.80 Å². The van der Waals surface area contributed by atoms with Gasteiger partial charge in [0.05, 0.1) is 0 Å². The van der Waals surface area contributed by atoms with Gasteiger partial charge in [-0.2, -0.15) is 0 Å². The molecule has 4 heavy (non-hydrogen) atoms. The van der Waals surface area contributed by atoms with Gasteiger partial charge in [0.2, 0.25) is 0 Å². The molecule has 0 unspecified atom stereocenters. The molecule has 0 radical (unpaired) electrons. The molecule has 0 aliphatic rings. The van der Waals surface area contributed by atoms with Gasteiger partial charge in [0.15, 0.2) is 0 Å². The molecule has 0 atom stereocenters. The molecule has 0 N–H and O–H groups in total. The average Bonchev–Trinajstić information content (AvgIpc) is 0.918. The molecule has 18 valence electrons. The Hall–Kier alpha value is 2.07. The van der Waals surface area contributed by atoms with Gasteiger partial charge in [-0.15, -0.1) is 0 Å². The summed E-state index contributed by atoms with van der Waals surface area (Å²) in [6.07, 6.45) is 0. The van der Waals surface area contributed by atoms with Crippen LogP contribution in [0.4, 0.5) is 3.52 Å². The van der Waals surface area contributed by atoms with Crippen LogP contribution < -0.4 is 0 Å². The van der Waals surface area contributed by atoms with Gasteiger partial charge in [-0.1, -0.05) is 0 Å². The molecule has 0 saturated heterocycles. The number of hydrogen-bond donors (Lipinski definition) is 0. The summed E-state index contributed by atoms with van der Waals surface area (Å²) in [4.78, 5) is 0. The van der Waals surface area contributed by atoms with Crippen LogP contribution in [0.15, 0.2) is 0 Å². The zero-order chi connectivity index (χ0) is 2.71. The Balaban J connectivity index is 0. The monoisotopic (exact) mass is 148 g/mol. The number of hydrogen-bond acceptors (Lipinski definition) is 1. The summed E-state index contributed by atoms with van der Waals surface area (Å²) in [5.74, 6) is 0. The first kappa shape index (κ1) is 9.42. The standard InChI is InChI=1S/Al.FH.O.Rb.H/h;1H;;;/q+1;;;;/p-1. The average molecular weight is 148 g/mol. The molecule has 0 fully saturated rings. The Morgan fingerprint density at radius 3 is 1.75 bits per heavy atom. The Morgan fingerprint density at radius 2 is 1.75 bits per heavy atom. The molecule has 0 saturated carbocycles. The molecule has 0 amide bonds. The first-order valence-electron chi connectivity index (χ1n) is 0.454. The maximum absolute atomic E-state index is 9.82. The van der Waals surface area contributed by atoms with E-state index in [1.54, 1.807) is 0 Å². The van der Waals surface area contributed by atoms with Gasteiger partial charge >= 0.3 is 81.1 Å². The fraction of sp³-hybridized carbons (Fsp3) is 0. The second-order valence-corrected chi connectivity index (χ2v) is 0.267. The van der Waals surface area contributed by atoms with Crippen LogP contribution in [0.1, 0.15) is 0 Å². The van der Waals surface area contributed by atoms with E-state index in [2.05, 4.69) is 0 Å². The van der Waals surface area contributed by atoms with Crippen LogP contribution in [0.2, 0.25) is 0 Å². The number of rotatable bonds is 0. The van der Waals surface area contributed by atoms with E-state index in [9.17, 15) is 3.52 Å². The van der Waals surface area contributed by atoms with Crippen molar-refractivity contribution in [1.29, 1.82) is 0 Å². The van der Waals surface area contributed by atoms with Gasteiger partial charge < -0.3 is 0 Å². The van der Waals surface area contributed by atoms with Crippen molar-refractivity contribution in [2.75, 3.05) is 0 Å². The molecule has 0 aliphatic heterocycles. The van der Waals surface area contributed by atoms with E-state index < -0.39 is 15.6 Å². The summed E-state index contributed by atoms with van der Waals surface area (Å²) in [5, 5.41) is 0. The summed E-state index contributed by atoms with van der Waals surface area (Å²) >= 11 is -2.00. The van der Waals surface area contributed by atoms with E-state index in [1.165, 1.54) is 0 Å².